The predicted octanol–water partition coefficient (Wildman–Crippen LogP) is 1.50. The number of aldehydes is 1. The summed E-state index contributed by atoms with van der Waals surface area (Å²) in [5, 5.41) is 3.23. The minimum Gasteiger partial charge on any atom is -0.358 e. The Hall–Kier alpha value is -2.43. The molecule has 0 bridgehead atoms. The van der Waals surface area contributed by atoms with Gasteiger partial charge in [-0.15, -0.1) is 0 Å². The first-order chi connectivity index (χ1) is 9.17. The molecule has 1 unspecified atom stereocenters. The Labute approximate surface area is 109 Å². The van der Waals surface area contributed by atoms with E-state index in [9.17, 15) is 14.4 Å². The fourth-order valence-electron chi connectivity index (χ4n) is 2.42. The highest BCUT2D eigenvalue weighted by atomic mass is 16.2. The van der Waals surface area contributed by atoms with Gasteiger partial charge in [0.2, 0.25) is 11.8 Å². The molecule has 2 amide bonds. The second-order valence-electron chi connectivity index (χ2n) is 4.69. The molecular formula is C14H12N2O3. The summed E-state index contributed by atoms with van der Waals surface area (Å²) in [6.45, 7) is 0. The van der Waals surface area contributed by atoms with Gasteiger partial charge < -0.3 is 4.98 Å². The summed E-state index contributed by atoms with van der Waals surface area (Å²) >= 11 is 0. The van der Waals surface area contributed by atoms with E-state index >= 15 is 0 Å². The number of hydrogen-bond donors (Lipinski definition) is 2. The van der Waals surface area contributed by atoms with Crippen molar-refractivity contribution in [2.75, 3.05) is 0 Å². The quantitative estimate of drug-likeness (QED) is 0.631. The summed E-state index contributed by atoms with van der Waals surface area (Å²) in [7, 11) is 0. The normalized spacial score (nSPS) is 19.5. The lowest BCUT2D eigenvalue weighted by molar-refractivity contribution is -0.134. The summed E-state index contributed by atoms with van der Waals surface area (Å²) in [6, 6.07) is 7.17. The maximum atomic E-state index is 11.8. The molecule has 3 rings (SSSR count). The second kappa shape index (κ2) is 4.35. The largest absolute Gasteiger partial charge is 0.358 e. The second-order valence-corrected chi connectivity index (χ2v) is 4.69. The minimum absolute atomic E-state index is 0.222. The number of hydrogen-bond acceptors (Lipinski definition) is 3. The van der Waals surface area contributed by atoms with Crippen LogP contribution in [0.1, 0.15) is 34.8 Å². The number of imide groups is 1. The van der Waals surface area contributed by atoms with Crippen LogP contribution in [0.3, 0.4) is 0 Å². The molecule has 0 radical (unpaired) electrons. The molecule has 2 heterocycles. The van der Waals surface area contributed by atoms with Gasteiger partial charge in [0.1, 0.15) is 6.29 Å². The van der Waals surface area contributed by atoms with Gasteiger partial charge in [0.05, 0.1) is 5.92 Å². The molecule has 1 atom stereocenters. The van der Waals surface area contributed by atoms with Gasteiger partial charge >= 0.3 is 0 Å². The predicted molar refractivity (Wildman–Crippen MR) is 68.8 cm³/mol. The number of benzene rings is 1. The van der Waals surface area contributed by atoms with Crippen molar-refractivity contribution >= 4 is 29.0 Å². The number of carbonyl (C=O) groups excluding carboxylic acids is 3. The zero-order valence-corrected chi connectivity index (χ0v) is 10.1. The standard InChI is InChI=1S/C14H12N2O3/c17-7-8-1-3-11-9(5-8)6-12(15-11)10-2-4-13(18)16-14(10)19/h1,3,5-7,10,15H,2,4H2,(H,16,18,19). The van der Waals surface area contributed by atoms with E-state index in [4.69, 9.17) is 0 Å². The maximum Gasteiger partial charge on any atom is 0.235 e. The summed E-state index contributed by atoms with van der Waals surface area (Å²) in [6.07, 6.45) is 1.65. The van der Waals surface area contributed by atoms with Crippen LogP contribution in [0.15, 0.2) is 24.3 Å². The van der Waals surface area contributed by atoms with Crippen molar-refractivity contribution in [1.82, 2.24) is 10.3 Å². The molecule has 19 heavy (non-hydrogen) atoms. The average molecular weight is 256 g/mol. The van der Waals surface area contributed by atoms with Crippen LogP contribution in [-0.2, 0) is 9.59 Å². The Morgan fingerprint density at radius 3 is 2.79 bits per heavy atom. The van der Waals surface area contributed by atoms with E-state index in [1.807, 2.05) is 12.1 Å². The first-order valence-electron chi connectivity index (χ1n) is 6.09. The van der Waals surface area contributed by atoms with Crippen LogP contribution in [-0.4, -0.2) is 23.1 Å². The molecule has 96 valence electrons. The van der Waals surface area contributed by atoms with Gasteiger partial charge in [-0.05, 0) is 30.7 Å². The Morgan fingerprint density at radius 2 is 2.05 bits per heavy atom. The van der Waals surface area contributed by atoms with Crippen molar-refractivity contribution in [3.05, 3.63) is 35.5 Å². The van der Waals surface area contributed by atoms with E-state index in [-0.39, 0.29) is 17.7 Å². The number of H-pyrrole nitrogens is 1. The van der Waals surface area contributed by atoms with E-state index in [1.165, 1.54) is 0 Å². The first-order valence-corrected chi connectivity index (χ1v) is 6.09. The van der Waals surface area contributed by atoms with Crippen LogP contribution in [0.5, 0.6) is 0 Å². The lowest BCUT2D eigenvalue weighted by Crippen LogP contribution is -2.39. The van der Waals surface area contributed by atoms with Crippen LogP contribution >= 0.6 is 0 Å². The monoisotopic (exact) mass is 256 g/mol. The molecule has 1 aliphatic heterocycles. The third-order valence-corrected chi connectivity index (χ3v) is 3.42. The highest BCUT2D eigenvalue weighted by Crippen LogP contribution is 2.27. The third-order valence-electron chi connectivity index (χ3n) is 3.42. The topological polar surface area (TPSA) is 79.0 Å². The number of fused-ring (bicyclic) bond motifs is 1. The molecule has 1 aliphatic rings. The van der Waals surface area contributed by atoms with E-state index in [0.29, 0.717) is 18.4 Å². The zero-order chi connectivity index (χ0) is 13.4. The van der Waals surface area contributed by atoms with Gasteiger partial charge in [0, 0.05) is 28.6 Å². The van der Waals surface area contributed by atoms with Crippen molar-refractivity contribution < 1.29 is 14.4 Å². The van der Waals surface area contributed by atoms with Crippen LogP contribution < -0.4 is 5.32 Å². The van der Waals surface area contributed by atoms with Gasteiger partial charge in [0.15, 0.2) is 0 Å². The number of aromatic amines is 1. The molecule has 0 aliphatic carbocycles. The van der Waals surface area contributed by atoms with E-state index in [1.54, 1.807) is 12.1 Å². The third kappa shape index (κ3) is 2.03. The van der Waals surface area contributed by atoms with Gasteiger partial charge in [-0.1, -0.05) is 0 Å². The van der Waals surface area contributed by atoms with Crippen molar-refractivity contribution in [2.45, 2.75) is 18.8 Å². The summed E-state index contributed by atoms with van der Waals surface area (Å²) in [5.74, 6) is -0.816. The Bertz CT molecular complexity index is 687. The minimum atomic E-state index is -0.329. The molecular weight excluding hydrogens is 244 g/mol. The molecule has 5 heteroatoms. The number of aromatic nitrogens is 1. The van der Waals surface area contributed by atoms with Crippen LogP contribution in [0.4, 0.5) is 0 Å². The highest BCUT2D eigenvalue weighted by Gasteiger charge is 2.29. The molecule has 0 saturated carbocycles. The molecule has 1 fully saturated rings. The SMILES string of the molecule is O=Cc1ccc2[nH]c(C3CCC(=O)NC3=O)cc2c1. The summed E-state index contributed by atoms with van der Waals surface area (Å²) in [5.41, 5.74) is 2.26. The summed E-state index contributed by atoms with van der Waals surface area (Å²) < 4.78 is 0. The Balaban J connectivity index is 1.99. The van der Waals surface area contributed by atoms with Gasteiger partial charge in [-0.3, -0.25) is 19.7 Å². The molecule has 5 nitrogen and oxygen atoms in total. The number of amides is 2. The lowest BCUT2D eigenvalue weighted by atomic mass is 9.95. The molecule has 0 spiro atoms. The fourth-order valence-corrected chi connectivity index (χ4v) is 2.42. The van der Waals surface area contributed by atoms with Crippen molar-refractivity contribution in [3.63, 3.8) is 0 Å². The van der Waals surface area contributed by atoms with Crippen LogP contribution in [0, 0.1) is 0 Å². The van der Waals surface area contributed by atoms with E-state index < -0.39 is 0 Å². The number of piperidine rings is 1. The molecule has 2 aromatic rings. The number of carbonyl (C=O) groups is 3. The first kappa shape index (κ1) is 11.6. The Kier molecular flexibility index (Phi) is 2.67. The number of rotatable bonds is 2. The van der Waals surface area contributed by atoms with Crippen LogP contribution in [0.2, 0.25) is 0 Å². The van der Waals surface area contributed by atoms with Crippen molar-refractivity contribution in [1.29, 1.82) is 0 Å². The maximum absolute atomic E-state index is 11.8. The van der Waals surface area contributed by atoms with Crippen molar-refractivity contribution in [3.8, 4) is 0 Å². The van der Waals surface area contributed by atoms with E-state index in [2.05, 4.69) is 10.3 Å². The van der Waals surface area contributed by atoms with E-state index in [0.717, 1.165) is 22.9 Å². The fraction of sp³-hybridized carbons (Fsp3) is 0.214. The lowest BCUT2D eigenvalue weighted by Gasteiger charge is -2.19. The molecule has 2 N–H and O–H groups in total. The molecule has 1 aromatic carbocycles. The number of nitrogens with one attached hydrogen (secondary N) is 2. The summed E-state index contributed by atoms with van der Waals surface area (Å²) in [4.78, 5) is 36.8. The zero-order valence-electron chi connectivity index (χ0n) is 10.1. The van der Waals surface area contributed by atoms with Gasteiger partial charge in [0.25, 0.3) is 0 Å². The smallest absolute Gasteiger partial charge is 0.235 e. The van der Waals surface area contributed by atoms with Gasteiger partial charge in [-0.25, -0.2) is 0 Å². The Morgan fingerprint density at radius 1 is 1.21 bits per heavy atom. The highest BCUT2D eigenvalue weighted by molar-refractivity contribution is 6.01. The van der Waals surface area contributed by atoms with Crippen LogP contribution in [0.25, 0.3) is 10.9 Å². The molecule has 1 saturated heterocycles. The molecule has 1 aromatic heterocycles. The van der Waals surface area contributed by atoms with Gasteiger partial charge in [-0.2, -0.15) is 0 Å². The van der Waals surface area contributed by atoms with Crippen molar-refractivity contribution in [2.24, 2.45) is 0 Å². The average Bonchev–Trinajstić information content (AvgIpc) is 2.80.